The van der Waals surface area contributed by atoms with Gasteiger partial charge in [0.2, 0.25) is 5.88 Å². The lowest BCUT2D eigenvalue weighted by Crippen LogP contribution is -1.96. The van der Waals surface area contributed by atoms with Gasteiger partial charge in [0, 0.05) is 17.6 Å². The lowest BCUT2D eigenvalue weighted by molar-refractivity contribution is 0.459. The molecule has 0 radical (unpaired) electrons. The van der Waals surface area contributed by atoms with E-state index in [9.17, 15) is 0 Å². The van der Waals surface area contributed by atoms with Gasteiger partial charge in [0.25, 0.3) is 0 Å². The van der Waals surface area contributed by atoms with Crippen LogP contribution >= 0.6 is 11.6 Å². The van der Waals surface area contributed by atoms with E-state index in [4.69, 9.17) is 16.3 Å². The average Bonchev–Trinajstić information content (AvgIpc) is 2.49. The number of ether oxygens (including phenoxy) is 1. The quantitative estimate of drug-likeness (QED) is 0.628. The molecule has 112 valence electrons. The third-order valence-electron chi connectivity index (χ3n) is 3.26. The van der Waals surface area contributed by atoms with Gasteiger partial charge < -0.3 is 4.74 Å². The molecule has 21 heavy (non-hydrogen) atoms. The summed E-state index contributed by atoms with van der Waals surface area (Å²) in [5.41, 5.74) is 3.42. The van der Waals surface area contributed by atoms with Crippen LogP contribution in [-0.2, 0) is 18.7 Å². The summed E-state index contributed by atoms with van der Waals surface area (Å²) >= 11 is 5.95. The molecule has 0 aliphatic rings. The Morgan fingerprint density at radius 3 is 2.29 bits per heavy atom. The SMILES string of the molecule is CCCc1ccc(Oc2cc(CCl)cc(CCC)n2)cc1. The Kier molecular flexibility index (Phi) is 6.06. The van der Waals surface area contributed by atoms with E-state index in [0.717, 1.165) is 42.7 Å². The van der Waals surface area contributed by atoms with E-state index in [0.29, 0.717) is 11.8 Å². The van der Waals surface area contributed by atoms with E-state index >= 15 is 0 Å². The molecule has 0 atom stereocenters. The van der Waals surface area contributed by atoms with Gasteiger partial charge in [0.1, 0.15) is 5.75 Å². The molecule has 0 unspecified atom stereocenters. The molecule has 1 aromatic carbocycles. The van der Waals surface area contributed by atoms with Crippen LogP contribution in [0.15, 0.2) is 36.4 Å². The summed E-state index contributed by atoms with van der Waals surface area (Å²) in [5, 5.41) is 0. The normalized spacial score (nSPS) is 10.6. The molecule has 0 saturated heterocycles. The molecule has 0 bridgehead atoms. The van der Waals surface area contributed by atoms with Crippen LogP contribution in [0.2, 0.25) is 0 Å². The fourth-order valence-electron chi connectivity index (χ4n) is 2.27. The number of aryl methyl sites for hydroxylation is 2. The highest BCUT2D eigenvalue weighted by Gasteiger charge is 2.05. The first-order valence-electron chi connectivity index (χ1n) is 7.57. The summed E-state index contributed by atoms with van der Waals surface area (Å²) in [7, 11) is 0. The molecule has 0 spiro atoms. The number of hydrogen-bond donors (Lipinski definition) is 0. The number of halogens is 1. The number of aromatic nitrogens is 1. The monoisotopic (exact) mass is 303 g/mol. The molecule has 2 nitrogen and oxygen atoms in total. The Balaban J connectivity index is 2.15. The minimum absolute atomic E-state index is 0.477. The molecule has 0 fully saturated rings. The average molecular weight is 304 g/mol. The van der Waals surface area contributed by atoms with E-state index < -0.39 is 0 Å². The van der Waals surface area contributed by atoms with Crippen LogP contribution in [0.4, 0.5) is 0 Å². The zero-order chi connectivity index (χ0) is 15.1. The van der Waals surface area contributed by atoms with Crippen molar-refractivity contribution in [1.82, 2.24) is 4.98 Å². The van der Waals surface area contributed by atoms with Crippen molar-refractivity contribution in [2.24, 2.45) is 0 Å². The number of pyridine rings is 1. The Morgan fingerprint density at radius 1 is 0.952 bits per heavy atom. The number of rotatable bonds is 7. The molecule has 2 aromatic rings. The van der Waals surface area contributed by atoms with Gasteiger partial charge in [-0.1, -0.05) is 38.8 Å². The summed E-state index contributed by atoms with van der Waals surface area (Å²) in [6.45, 7) is 4.32. The summed E-state index contributed by atoms with van der Waals surface area (Å²) in [5.74, 6) is 1.92. The van der Waals surface area contributed by atoms with Gasteiger partial charge in [-0.3, -0.25) is 0 Å². The fourth-order valence-corrected chi connectivity index (χ4v) is 2.42. The lowest BCUT2D eigenvalue weighted by Gasteiger charge is -2.09. The molecular formula is C18H22ClNO. The summed E-state index contributed by atoms with van der Waals surface area (Å²) in [4.78, 5) is 4.54. The van der Waals surface area contributed by atoms with Crippen LogP contribution in [0.5, 0.6) is 11.6 Å². The minimum atomic E-state index is 0.477. The molecule has 0 aliphatic heterocycles. The molecule has 0 saturated carbocycles. The first kappa shape index (κ1) is 15.8. The van der Waals surface area contributed by atoms with E-state index in [1.807, 2.05) is 24.3 Å². The smallest absolute Gasteiger partial charge is 0.219 e. The lowest BCUT2D eigenvalue weighted by atomic mass is 10.1. The maximum absolute atomic E-state index is 5.95. The van der Waals surface area contributed by atoms with Gasteiger partial charge in [0.05, 0.1) is 0 Å². The van der Waals surface area contributed by atoms with Crippen molar-refractivity contribution < 1.29 is 4.74 Å². The number of alkyl halides is 1. The van der Waals surface area contributed by atoms with E-state index in [-0.39, 0.29) is 0 Å². The van der Waals surface area contributed by atoms with Gasteiger partial charge in [-0.05, 0) is 42.2 Å². The molecular weight excluding hydrogens is 282 g/mol. The largest absolute Gasteiger partial charge is 0.439 e. The second-order valence-electron chi connectivity index (χ2n) is 5.18. The number of benzene rings is 1. The predicted octanol–water partition coefficient (Wildman–Crippen LogP) is 5.52. The maximum Gasteiger partial charge on any atom is 0.219 e. The highest BCUT2D eigenvalue weighted by Crippen LogP contribution is 2.23. The van der Waals surface area contributed by atoms with Crippen molar-refractivity contribution in [2.75, 3.05) is 0 Å². The Bertz CT molecular complexity index is 566. The maximum atomic E-state index is 5.95. The second kappa shape index (κ2) is 8.04. The van der Waals surface area contributed by atoms with Crippen molar-refractivity contribution in [3.63, 3.8) is 0 Å². The third kappa shape index (κ3) is 4.75. The van der Waals surface area contributed by atoms with Gasteiger partial charge in [-0.15, -0.1) is 11.6 Å². The minimum Gasteiger partial charge on any atom is -0.439 e. The standard InChI is InChI=1S/C18H22ClNO/c1-3-5-14-7-9-17(10-8-14)21-18-12-15(13-19)11-16(20-18)6-4-2/h7-12H,3-6,13H2,1-2H3. The molecule has 2 rings (SSSR count). The van der Waals surface area contributed by atoms with E-state index in [1.54, 1.807) is 0 Å². The first-order chi connectivity index (χ1) is 10.2. The van der Waals surface area contributed by atoms with Gasteiger partial charge in [-0.25, -0.2) is 4.98 Å². The molecule has 0 N–H and O–H groups in total. The highest BCUT2D eigenvalue weighted by atomic mass is 35.5. The van der Waals surface area contributed by atoms with Crippen molar-refractivity contribution >= 4 is 11.6 Å². The molecule has 1 aromatic heterocycles. The van der Waals surface area contributed by atoms with Crippen LogP contribution < -0.4 is 4.74 Å². The first-order valence-corrected chi connectivity index (χ1v) is 8.11. The Labute approximate surface area is 132 Å². The van der Waals surface area contributed by atoms with Gasteiger partial charge in [0.15, 0.2) is 0 Å². The second-order valence-corrected chi connectivity index (χ2v) is 5.45. The van der Waals surface area contributed by atoms with Crippen molar-refractivity contribution in [1.29, 1.82) is 0 Å². The zero-order valence-corrected chi connectivity index (χ0v) is 13.5. The molecule has 3 heteroatoms. The van der Waals surface area contributed by atoms with Gasteiger partial charge >= 0.3 is 0 Å². The van der Waals surface area contributed by atoms with Crippen LogP contribution in [0.25, 0.3) is 0 Å². The van der Waals surface area contributed by atoms with Crippen molar-refractivity contribution in [3.05, 3.63) is 53.2 Å². The van der Waals surface area contributed by atoms with E-state index in [1.165, 1.54) is 5.56 Å². The number of nitrogens with zero attached hydrogens (tertiary/aromatic N) is 1. The topological polar surface area (TPSA) is 22.1 Å². The fraction of sp³-hybridized carbons (Fsp3) is 0.389. The van der Waals surface area contributed by atoms with Crippen molar-refractivity contribution in [2.45, 2.75) is 45.4 Å². The van der Waals surface area contributed by atoms with Gasteiger partial charge in [-0.2, -0.15) is 0 Å². The molecule has 0 amide bonds. The van der Waals surface area contributed by atoms with Crippen LogP contribution in [0.3, 0.4) is 0 Å². The van der Waals surface area contributed by atoms with Crippen LogP contribution in [-0.4, -0.2) is 4.98 Å². The highest BCUT2D eigenvalue weighted by molar-refractivity contribution is 6.17. The van der Waals surface area contributed by atoms with E-state index in [2.05, 4.69) is 31.0 Å². The van der Waals surface area contributed by atoms with Crippen LogP contribution in [0.1, 0.15) is 43.5 Å². The zero-order valence-electron chi connectivity index (χ0n) is 12.7. The van der Waals surface area contributed by atoms with Crippen LogP contribution in [0, 0.1) is 0 Å². The molecule has 0 aliphatic carbocycles. The number of hydrogen-bond acceptors (Lipinski definition) is 2. The summed E-state index contributed by atoms with van der Waals surface area (Å²) in [6.07, 6.45) is 4.25. The Hall–Kier alpha value is -1.54. The summed E-state index contributed by atoms with van der Waals surface area (Å²) in [6, 6.07) is 12.2. The predicted molar refractivity (Wildman–Crippen MR) is 88.3 cm³/mol. The summed E-state index contributed by atoms with van der Waals surface area (Å²) < 4.78 is 5.87. The Morgan fingerprint density at radius 2 is 1.67 bits per heavy atom. The third-order valence-corrected chi connectivity index (χ3v) is 3.57. The molecule has 1 heterocycles. The van der Waals surface area contributed by atoms with Crippen molar-refractivity contribution in [3.8, 4) is 11.6 Å².